The molecule has 8 nitrogen and oxygen atoms in total. The summed E-state index contributed by atoms with van der Waals surface area (Å²) in [5, 5.41) is 3.93. The first-order valence-corrected chi connectivity index (χ1v) is 9.74. The lowest BCUT2D eigenvalue weighted by Crippen LogP contribution is -2.32. The zero-order valence-electron chi connectivity index (χ0n) is 13.8. The summed E-state index contributed by atoms with van der Waals surface area (Å²) in [5.74, 6) is 1.78. The van der Waals surface area contributed by atoms with Gasteiger partial charge in [-0.1, -0.05) is 5.16 Å². The third-order valence-electron chi connectivity index (χ3n) is 3.97. The normalized spacial score (nSPS) is 17.0. The Morgan fingerprint density at radius 1 is 1.25 bits per heavy atom. The number of aromatic nitrogens is 3. The molecule has 0 aliphatic carbocycles. The molecule has 1 saturated heterocycles. The molecule has 0 atom stereocenters. The summed E-state index contributed by atoms with van der Waals surface area (Å²) in [6.07, 6.45) is 3.77. The van der Waals surface area contributed by atoms with Gasteiger partial charge in [0.05, 0.1) is 6.54 Å². The highest BCUT2D eigenvalue weighted by Crippen LogP contribution is 2.23. The monoisotopic (exact) mass is 351 g/mol. The van der Waals surface area contributed by atoms with Crippen LogP contribution in [-0.4, -0.2) is 60.9 Å². The van der Waals surface area contributed by atoms with Crippen molar-refractivity contribution < 1.29 is 12.9 Å². The van der Waals surface area contributed by atoms with E-state index in [0.717, 1.165) is 26.1 Å². The molecule has 9 heteroatoms. The van der Waals surface area contributed by atoms with Crippen molar-refractivity contribution in [3.8, 4) is 0 Å². The highest BCUT2D eigenvalue weighted by atomic mass is 32.2. The molecule has 3 rings (SSSR count). The van der Waals surface area contributed by atoms with Crippen LogP contribution in [0.3, 0.4) is 0 Å². The van der Waals surface area contributed by atoms with Gasteiger partial charge in [0.1, 0.15) is 10.7 Å². The van der Waals surface area contributed by atoms with Crippen molar-refractivity contribution in [2.75, 3.05) is 37.3 Å². The van der Waals surface area contributed by atoms with Crippen LogP contribution in [-0.2, 0) is 16.4 Å². The largest absolute Gasteiger partial charge is 0.354 e. The molecule has 3 heterocycles. The number of sulfone groups is 1. The highest BCUT2D eigenvalue weighted by molar-refractivity contribution is 7.90. The maximum absolute atomic E-state index is 12.0. The fourth-order valence-electron chi connectivity index (χ4n) is 2.86. The van der Waals surface area contributed by atoms with Crippen LogP contribution in [0, 0.1) is 6.92 Å². The van der Waals surface area contributed by atoms with E-state index in [-0.39, 0.29) is 4.90 Å². The molecule has 1 aliphatic heterocycles. The molecule has 0 saturated carbocycles. The van der Waals surface area contributed by atoms with Gasteiger partial charge >= 0.3 is 0 Å². The summed E-state index contributed by atoms with van der Waals surface area (Å²) in [5.41, 5.74) is 0. The van der Waals surface area contributed by atoms with Gasteiger partial charge in [-0.05, 0) is 18.6 Å². The van der Waals surface area contributed by atoms with E-state index in [2.05, 4.69) is 20.0 Å². The number of hydrogen-bond acceptors (Lipinski definition) is 8. The van der Waals surface area contributed by atoms with Crippen LogP contribution in [0.4, 0.5) is 5.82 Å². The smallest absolute Gasteiger partial charge is 0.223 e. The molecule has 2 aromatic rings. The Morgan fingerprint density at radius 3 is 2.79 bits per heavy atom. The second-order valence-corrected chi connectivity index (χ2v) is 7.93. The quantitative estimate of drug-likeness (QED) is 0.802. The topological polar surface area (TPSA) is 92.4 Å². The molecular formula is C15H21N5O3S. The third kappa shape index (κ3) is 3.90. The maximum Gasteiger partial charge on any atom is 0.223 e. The number of hydrogen-bond donors (Lipinski definition) is 0. The molecule has 0 bridgehead atoms. The van der Waals surface area contributed by atoms with Gasteiger partial charge in [0.2, 0.25) is 5.89 Å². The summed E-state index contributed by atoms with van der Waals surface area (Å²) in [6, 6.07) is 3.27. The minimum absolute atomic E-state index is 0.284. The van der Waals surface area contributed by atoms with E-state index in [4.69, 9.17) is 4.52 Å². The Hall–Kier alpha value is -2.00. The summed E-state index contributed by atoms with van der Waals surface area (Å²) in [4.78, 5) is 13.1. The van der Waals surface area contributed by atoms with Gasteiger partial charge in [0.15, 0.2) is 15.7 Å². The maximum atomic E-state index is 12.0. The zero-order valence-corrected chi connectivity index (χ0v) is 14.7. The molecule has 2 aromatic heterocycles. The fraction of sp³-hybridized carbons (Fsp3) is 0.533. The number of rotatable bonds is 4. The lowest BCUT2D eigenvalue weighted by atomic mass is 10.3. The van der Waals surface area contributed by atoms with E-state index in [9.17, 15) is 8.42 Å². The van der Waals surface area contributed by atoms with Crippen molar-refractivity contribution in [1.29, 1.82) is 0 Å². The molecule has 0 radical (unpaired) electrons. The number of aryl methyl sites for hydroxylation is 1. The van der Waals surface area contributed by atoms with Crippen LogP contribution >= 0.6 is 0 Å². The van der Waals surface area contributed by atoms with E-state index in [0.29, 0.717) is 30.6 Å². The predicted molar refractivity (Wildman–Crippen MR) is 88.5 cm³/mol. The zero-order chi connectivity index (χ0) is 17.2. The standard InChI is InChI=1S/C15H21N5O3S/c1-12-17-14(18-23-12)11-19-7-4-8-20(10-9-19)15-13(24(2,21)22)5-3-6-16-15/h3,5-6H,4,7-11H2,1-2H3. The van der Waals surface area contributed by atoms with Crippen molar-refractivity contribution in [3.05, 3.63) is 30.0 Å². The van der Waals surface area contributed by atoms with Gasteiger partial charge in [-0.25, -0.2) is 13.4 Å². The molecular weight excluding hydrogens is 330 g/mol. The Labute approximate surface area is 141 Å². The van der Waals surface area contributed by atoms with E-state index in [1.165, 1.54) is 6.26 Å². The van der Waals surface area contributed by atoms with Crippen LogP contribution in [0.25, 0.3) is 0 Å². The average Bonchev–Trinajstić information content (AvgIpc) is 2.80. The molecule has 130 valence electrons. The summed E-state index contributed by atoms with van der Waals surface area (Å²) < 4.78 is 29.0. The van der Waals surface area contributed by atoms with Gasteiger partial charge in [-0.3, -0.25) is 4.90 Å². The van der Waals surface area contributed by atoms with Crippen LogP contribution < -0.4 is 4.90 Å². The van der Waals surface area contributed by atoms with Gasteiger partial charge < -0.3 is 9.42 Å². The molecule has 0 aromatic carbocycles. The number of anilines is 1. The van der Waals surface area contributed by atoms with Gasteiger partial charge in [0, 0.05) is 45.6 Å². The van der Waals surface area contributed by atoms with Gasteiger partial charge in [0.25, 0.3) is 0 Å². The lowest BCUT2D eigenvalue weighted by Gasteiger charge is -2.23. The van der Waals surface area contributed by atoms with Gasteiger partial charge in [-0.2, -0.15) is 4.98 Å². The molecule has 0 amide bonds. The van der Waals surface area contributed by atoms with Crippen molar-refractivity contribution in [2.24, 2.45) is 0 Å². The van der Waals surface area contributed by atoms with Crippen LogP contribution in [0.1, 0.15) is 18.1 Å². The molecule has 0 unspecified atom stereocenters. The Bertz CT molecular complexity index is 805. The number of nitrogens with zero attached hydrogens (tertiary/aromatic N) is 5. The first kappa shape index (κ1) is 16.8. The molecule has 0 N–H and O–H groups in total. The fourth-order valence-corrected chi connectivity index (χ4v) is 3.69. The van der Waals surface area contributed by atoms with E-state index in [1.807, 2.05) is 4.90 Å². The minimum atomic E-state index is -3.30. The van der Waals surface area contributed by atoms with Crippen LogP contribution in [0.15, 0.2) is 27.7 Å². The van der Waals surface area contributed by atoms with Crippen LogP contribution in [0.5, 0.6) is 0 Å². The SMILES string of the molecule is Cc1nc(CN2CCCN(c3ncccc3S(C)(=O)=O)CC2)no1. The molecule has 1 fully saturated rings. The minimum Gasteiger partial charge on any atom is -0.354 e. The third-order valence-corrected chi connectivity index (χ3v) is 5.09. The second kappa shape index (κ2) is 6.86. The Kier molecular flexibility index (Phi) is 4.81. The van der Waals surface area contributed by atoms with E-state index < -0.39 is 9.84 Å². The first-order valence-electron chi connectivity index (χ1n) is 7.85. The summed E-state index contributed by atoms with van der Waals surface area (Å²) >= 11 is 0. The summed E-state index contributed by atoms with van der Waals surface area (Å²) in [6.45, 7) is 5.55. The molecule has 1 aliphatic rings. The van der Waals surface area contributed by atoms with E-state index >= 15 is 0 Å². The molecule has 0 spiro atoms. The van der Waals surface area contributed by atoms with Crippen molar-refractivity contribution in [2.45, 2.75) is 24.8 Å². The Balaban J connectivity index is 1.72. The first-order chi connectivity index (χ1) is 11.4. The molecule has 24 heavy (non-hydrogen) atoms. The average molecular weight is 351 g/mol. The predicted octanol–water partition coefficient (Wildman–Crippen LogP) is 0.889. The lowest BCUT2D eigenvalue weighted by molar-refractivity contribution is 0.272. The van der Waals surface area contributed by atoms with Gasteiger partial charge in [-0.15, -0.1) is 0 Å². The van der Waals surface area contributed by atoms with Crippen molar-refractivity contribution in [1.82, 2.24) is 20.0 Å². The number of pyridine rings is 1. The Morgan fingerprint density at radius 2 is 2.08 bits per heavy atom. The second-order valence-electron chi connectivity index (χ2n) is 5.94. The van der Waals surface area contributed by atoms with E-state index in [1.54, 1.807) is 25.3 Å². The summed E-state index contributed by atoms with van der Waals surface area (Å²) in [7, 11) is -3.30. The van der Waals surface area contributed by atoms with Crippen LogP contribution in [0.2, 0.25) is 0 Å². The highest BCUT2D eigenvalue weighted by Gasteiger charge is 2.22. The van der Waals surface area contributed by atoms with Crippen molar-refractivity contribution in [3.63, 3.8) is 0 Å². The van der Waals surface area contributed by atoms with Crippen molar-refractivity contribution >= 4 is 15.7 Å².